The van der Waals surface area contributed by atoms with Crippen molar-refractivity contribution in [3.8, 4) is 0 Å². The summed E-state index contributed by atoms with van der Waals surface area (Å²) in [6.07, 6.45) is 1.94. The Bertz CT molecular complexity index is 681. The van der Waals surface area contributed by atoms with Crippen LogP contribution in [0.5, 0.6) is 0 Å². The highest BCUT2D eigenvalue weighted by Gasteiger charge is 2.22. The van der Waals surface area contributed by atoms with Crippen LogP contribution in [0, 0.1) is 6.92 Å². The Kier molecular flexibility index (Phi) is 4.80. The number of nitrogens with zero attached hydrogens (tertiary/aromatic N) is 1. The lowest BCUT2D eigenvalue weighted by Crippen LogP contribution is -2.27. The molecule has 108 valence electrons. The molecule has 2 rings (SSSR count). The van der Waals surface area contributed by atoms with Gasteiger partial charge >= 0.3 is 0 Å². The number of benzene rings is 1. The lowest BCUT2D eigenvalue weighted by molar-refractivity contribution is 0.552. The topological polar surface area (TPSA) is 59.1 Å². The fourth-order valence-corrected chi connectivity index (χ4v) is 4.41. The van der Waals surface area contributed by atoms with E-state index in [1.165, 1.54) is 6.20 Å². The molecule has 1 aromatic heterocycles. The lowest BCUT2D eigenvalue weighted by Gasteiger charge is -2.17. The van der Waals surface area contributed by atoms with Crippen molar-refractivity contribution in [2.24, 2.45) is 0 Å². The molecule has 0 radical (unpaired) electrons. The van der Waals surface area contributed by atoms with Crippen LogP contribution in [0.15, 0.2) is 34.7 Å². The molecule has 0 saturated carbocycles. The summed E-state index contributed by atoms with van der Waals surface area (Å²) >= 11 is 6.64. The second-order valence-corrected chi connectivity index (χ2v) is 7.98. The molecule has 1 aromatic carbocycles. The van der Waals surface area contributed by atoms with Crippen LogP contribution in [0.25, 0.3) is 0 Å². The minimum absolute atomic E-state index is 0.132. The SMILES string of the molecule is CCC(NS(=O)(=O)c1cnc(Cl)s1)c1ccc(C)cc1. The molecular formula is C13H15ClN2O2S2. The zero-order chi connectivity index (χ0) is 14.8. The number of aryl methyl sites for hydroxylation is 1. The van der Waals surface area contributed by atoms with Crippen LogP contribution in [-0.4, -0.2) is 13.4 Å². The second kappa shape index (κ2) is 6.22. The van der Waals surface area contributed by atoms with Gasteiger partial charge < -0.3 is 0 Å². The average molecular weight is 331 g/mol. The molecule has 0 aliphatic rings. The third-order valence-electron chi connectivity index (χ3n) is 2.91. The molecule has 0 bridgehead atoms. The van der Waals surface area contributed by atoms with Crippen molar-refractivity contribution >= 4 is 33.0 Å². The molecule has 7 heteroatoms. The van der Waals surface area contributed by atoms with Crippen LogP contribution in [0.3, 0.4) is 0 Å². The van der Waals surface area contributed by atoms with Gasteiger partial charge in [-0.05, 0) is 18.9 Å². The number of aromatic nitrogens is 1. The summed E-state index contributed by atoms with van der Waals surface area (Å²) in [5, 5.41) is 0. The number of hydrogen-bond acceptors (Lipinski definition) is 4. The van der Waals surface area contributed by atoms with Gasteiger partial charge in [0, 0.05) is 6.04 Å². The van der Waals surface area contributed by atoms with Crippen molar-refractivity contribution in [3.63, 3.8) is 0 Å². The number of rotatable bonds is 5. The van der Waals surface area contributed by atoms with Gasteiger partial charge in [-0.15, -0.1) is 0 Å². The summed E-state index contributed by atoms with van der Waals surface area (Å²) in [7, 11) is -3.59. The van der Waals surface area contributed by atoms with E-state index >= 15 is 0 Å². The van der Waals surface area contributed by atoms with E-state index in [0.717, 1.165) is 22.5 Å². The zero-order valence-electron chi connectivity index (χ0n) is 11.1. The molecule has 1 unspecified atom stereocenters. The summed E-state index contributed by atoms with van der Waals surface area (Å²) in [6, 6.07) is 7.55. The summed E-state index contributed by atoms with van der Waals surface area (Å²) in [6.45, 7) is 3.93. The predicted molar refractivity (Wildman–Crippen MR) is 81.7 cm³/mol. The molecule has 4 nitrogen and oxygen atoms in total. The number of sulfonamides is 1. The Morgan fingerprint density at radius 2 is 2.00 bits per heavy atom. The summed E-state index contributed by atoms with van der Waals surface area (Å²) in [5.74, 6) is 0. The van der Waals surface area contributed by atoms with E-state index in [-0.39, 0.29) is 14.7 Å². The molecule has 0 aliphatic heterocycles. The van der Waals surface area contributed by atoms with Gasteiger partial charge in [-0.1, -0.05) is 59.7 Å². The molecule has 1 N–H and O–H groups in total. The maximum absolute atomic E-state index is 12.3. The van der Waals surface area contributed by atoms with Crippen molar-refractivity contribution in [2.45, 2.75) is 30.5 Å². The molecular weight excluding hydrogens is 316 g/mol. The smallest absolute Gasteiger partial charge is 0.232 e. The Labute approximate surface area is 127 Å². The molecule has 0 fully saturated rings. The first-order chi connectivity index (χ1) is 9.42. The summed E-state index contributed by atoms with van der Waals surface area (Å²) in [4.78, 5) is 3.77. The van der Waals surface area contributed by atoms with Crippen molar-refractivity contribution in [1.82, 2.24) is 9.71 Å². The van der Waals surface area contributed by atoms with Gasteiger partial charge in [-0.2, -0.15) is 0 Å². The van der Waals surface area contributed by atoms with Crippen LogP contribution in [0.2, 0.25) is 4.47 Å². The first-order valence-corrected chi connectivity index (χ1v) is 8.80. The first kappa shape index (κ1) is 15.4. The minimum Gasteiger partial charge on any atom is -0.232 e. The lowest BCUT2D eigenvalue weighted by atomic mass is 10.0. The third-order valence-corrected chi connectivity index (χ3v) is 5.95. The van der Waals surface area contributed by atoms with Crippen LogP contribution >= 0.6 is 22.9 Å². The van der Waals surface area contributed by atoms with Gasteiger partial charge in [0.1, 0.15) is 0 Å². The van der Waals surface area contributed by atoms with E-state index in [0.29, 0.717) is 6.42 Å². The predicted octanol–water partition coefficient (Wildman–Crippen LogP) is 3.53. The van der Waals surface area contributed by atoms with Crippen LogP contribution in [0.1, 0.15) is 30.5 Å². The standard InChI is InChI=1S/C13H15ClN2O2S2/c1-3-11(10-6-4-9(2)5-7-10)16-20(17,18)12-8-15-13(14)19-12/h4-8,11,16H,3H2,1-2H3. The zero-order valence-corrected chi connectivity index (χ0v) is 13.5. The second-order valence-electron chi connectivity index (χ2n) is 4.43. The first-order valence-electron chi connectivity index (χ1n) is 6.12. The van der Waals surface area contributed by atoms with E-state index in [1.807, 2.05) is 38.1 Å². The third kappa shape index (κ3) is 3.58. The van der Waals surface area contributed by atoms with Gasteiger partial charge in [0.15, 0.2) is 8.68 Å². The maximum Gasteiger partial charge on any atom is 0.252 e. The number of nitrogens with one attached hydrogen (secondary N) is 1. The molecule has 0 spiro atoms. The van der Waals surface area contributed by atoms with Gasteiger partial charge in [-0.3, -0.25) is 0 Å². The van der Waals surface area contributed by atoms with Gasteiger partial charge in [0.25, 0.3) is 10.0 Å². The van der Waals surface area contributed by atoms with Gasteiger partial charge in [-0.25, -0.2) is 18.1 Å². The molecule has 0 saturated heterocycles. The number of halogens is 1. The monoisotopic (exact) mass is 330 g/mol. The number of hydrogen-bond donors (Lipinski definition) is 1. The van der Waals surface area contributed by atoms with Crippen molar-refractivity contribution < 1.29 is 8.42 Å². The fourth-order valence-electron chi connectivity index (χ4n) is 1.79. The van der Waals surface area contributed by atoms with Crippen LogP contribution in [0.4, 0.5) is 0 Å². The average Bonchev–Trinajstić information content (AvgIpc) is 2.85. The molecule has 20 heavy (non-hydrogen) atoms. The van der Waals surface area contributed by atoms with Crippen molar-refractivity contribution in [2.75, 3.05) is 0 Å². The maximum atomic E-state index is 12.3. The van der Waals surface area contributed by atoms with E-state index in [2.05, 4.69) is 9.71 Å². The normalized spacial score (nSPS) is 13.3. The summed E-state index contributed by atoms with van der Waals surface area (Å²) in [5.41, 5.74) is 2.08. The Balaban J connectivity index is 2.24. The highest BCUT2D eigenvalue weighted by molar-refractivity contribution is 7.91. The van der Waals surface area contributed by atoms with E-state index in [4.69, 9.17) is 11.6 Å². The van der Waals surface area contributed by atoms with Crippen molar-refractivity contribution in [3.05, 3.63) is 46.1 Å². The largest absolute Gasteiger partial charge is 0.252 e. The Morgan fingerprint density at radius 3 is 2.50 bits per heavy atom. The van der Waals surface area contributed by atoms with E-state index in [1.54, 1.807) is 0 Å². The van der Waals surface area contributed by atoms with Gasteiger partial charge in [0.2, 0.25) is 0 Å². The number of thiazole rings is 1. The van der Waals surface area contributed by atoms with Crippen LogP contribution in [-0.2, 0) is 10.0 Å². The molecule has 1 atom stereocenters. The van der Waals surface area contributed by atoms with Crippen LogP contribution < -0.4 is 4.72 Å². The molecule has 1 heterocycles. The van der Waals surface area contributed by atoms with E-state index in [9.17, 15) is 8.42 Å². The molecule has 0 aliphatic carbocycles. The Hall–Kier alpha value is -0.950. The minimum atomic E-state index is -3.59. The summed E-state index contributed by atoms with van der Waals surface area (Å²) < 4.78 is 27.6. The van der Waals surface area contributed by atoms with E-state index < -0.39 is 10.0 Å². The Morgan fingerprint density at radius 1 is 1.35 bits per heavy atom. The highest BCUT2D eigenvalue weighted by Crippen LogP contribution is 2.25. The molecule has 0 amide bonds. The highest BCUT2D eigenvalue weighted by atomic mass is 35.5. The van der Waals surface area contributed by atoms with Crippen molar-refractivity contribution in [1.29, 1.82) is 0 Å². The fraction of sp³-hybridized carbons (Fsp3) is 0.308. The quantitative estimate of drug-likeness (QED) is 0.912. The molecule has 2 aromatic rings. The van der Waals surface area contributed by atoms with Gasteiger partial charge in [0.05, 0.1) is 6.20 Å².